The Hall–Kier alpha value is -3.98. The van der Waals surface area contributed by atoms with E-state index in [0.29, 0.717) is 27.6 Å². The van der Waals surface area contributed by atoms with Crippen LogP contribution in [0.4, 0.5) is 15.8 Å². The Morgan fingerprint density at radius 1 is 1.16 bits per heavy atom. The number of halogens is 2. The molecular weight excluding hydrogens is 427 g/mol. The number of nitro groups is 1. The molecule has 1 heterocycles. The molecule has 0 aliphatic rings. The predicted molar refractivity (Wildman–Crippen MR) is 113 cm³/mol. The number of non-ortho nitro benzene ring substituents is 1. The Kier molecular flexibility index (Phi) is 5.26. The van der Waals surface area contributed by atoms with E-state index >= 15 is 0 Å². The molecule has 8 nitrogen and oxygen atoms in total. The van der Waals surface area contributed by atoms with Gasteiger partial charge in [0.25, 0.3) is 5.69 Å². The molecule has 0 saturated carbocycles. The quantitative estimate of drug-likeness (QED) is 0.209. The summed E-state index contributed by atoms with van der Waals surface area (Å²) in [6, 6.07) is 14.2. The molecule has 4 aromatic rings. The van der Waals surface area contributed by atoms with E-state index in [2.05, 4.69) is 4.98 Å². The normalized spacial score (nSPS) is 10.9. The first-order chi connectivity index (χ1) is 14.8. The van der Waals surface area contributed by atoms with Crippen LogP contribution in [-0.4, -0.2) is 20.4 Å². The van der Waals surface area contributed by atoms with Gasteiger partial charge in [-0.3, -0.25) is 14.7 Å². The van der Waals surface area contributed by atoms with Crippen molar-refractivity contribution in [2.45, 2.75) is 6.61 Å². The lowest BCUT2D eigenvalue weighted by atomic mass is 10.2. The summed E-state index contributed by atoms with van der Waals surface area (Å²) in [6.07, 6.45) is 0. The lowest BCUT2D eigenvalue weighted by Gasteiger charge is -2.10. The summed E-state index contributed by atoms with van der Waals surface area (Å²) in [5.41, 5.74) is 7.48. The summed E-state index contributed by atoms with van der Waals surface area (Å²) in [7, 11) is 0. The minimum atomic E-state index is -0.646. The zero-order chi connectivity index (χ0) is 22.1. The maximum Gasteiger partial charge on any atom is 0.338 e. The standard InChI is InChI=1S/C21H14ClFN4O4/c22-16-7-1-12(9-17(16)24)21(28)31-11-20-25-18-10-15(27(29)30)6-8-19(18)26(20)14-4-2-13(23)3-5-14/h1-10H,11,24H2. The molecule has 0 aliphatic carbocycles. The average Bonchev–Trinajstić information content (AvgIpc) is 3.12. The van der Waals surface area contributed by atoms with Gasteiger partial charge in [0, 0.05) is 17.8 Å². The lowest BCUT2D eigenvalue weighted by molar-refractivity contribution is -0.384. The number of carbonyl (C=O) groups excluding carboxylic acids is 1. The molecule has 3 aromatic carbocycles. The molecule has 0 unspecified atom stereocenters. The molecule has 0 spiro atoms. The summed E-state index contributed by atoms with van der Waals surface area (Å²) >= 11 is 5.87. The number of hydrogen-bond donors (Lipinski definition) is 1. The summed E-state index contributed by atoms with van der Waals surface area (Å²) in [5, 5.41) is 11.4. The average molecular weight is 441 g/mol. The van der Waals surface area contributed by atoms with Crippen LogP contribution in [0.5, 0.6) is 0 Å². The van der Waals surface area contributed by atoms with Gasteiger partial charge in [-0.15, -0.1) is 0 Å². The van der Waals surface area contributed by atoms with E-state index in [1.54, 1.807) is 4.57 Å². The van der Waals surface area contributed by atoms with Gasteiger partial charge in [-0.2, -0.15) is 0 Å². The molecule has 0 saturated heterocycles. The number of nitrogen functional groups attached to an aromatic ring is 1. The molecule has 0 aliphatic heterocycles. The number of carbonyl (C=O) groups is 1. The van der Waals surface area contributed by atoms with Crippen molar-refractivity contribution >= 4 is 40.0 Å². The molecule has 0 atom stereocenters. The first-order valence-electron chi connectivity index (χ1n) is 8.97. The molecule has 2 N–H and O–H groups in total. The molecule has 0 fully saturated rings. The third-order valence-electron chi connectivity index (χ3n) is 4.57. The number of aromatic nitrogens is 2. The van der Waals surface area contributed by atoms with E-state index in [1.165, 1.54) is 60.7 Å². The number of esters is 1. The van der Waals surface area contributed by atoms with Crippen LogP contribution >= 0.6 is 11.6 Å². The number of imidazole rings is 1. The van der Waals surface area contributed by atoms with Crippen molar-refractivity contribution in [1.29, 1.82) is 0 Å². The third-order valence-corrected chi connectivity index (χ3v) is 4.91. The number of nitrogens with zero attached hydrogens (tertiary/aromatic N) is 3. The van der Waals surface area contributed by atoms with E-state index in [9.17, 15) is 19.3 Å². The number of anilines is 1. The molecule has 0 amide bonds. The van der Waals surface area contributed by atoms with Gasteiger partial charge in [-0.05, 0) is 48.5 Å². The highest BCUT2D eigenvalue weighted by molar-refractivity contribution is 6.33. The number of nitro benzene ring substituents is 1. The van der Waals surface area contributed by atoms with Gasteiger partial charge in [0.05, 0.1) is 32.2 Å². The zero-order valence-corrected chi connectivity index (χ0v) is 16.5. The maximum atomic E-state index is 13.4. The van der Waals surface area contributed by atoms with Crippen molar-refractivity contribution in [3.05, 3.63) is 93.0 Å². The molecule has 4 rings (SSSR count). The van der Waals surface area contributed by atoms with Gasteiger partial charge in [0.15, 0.2) is 5.82 Å². The van der Waals surface area contributed by atoms with Crippen molar-refractivity contribution in [3.63, 3.8) is 0 Å². The number of hydrogen-bond acceptors (Lipinski definition) is 6. The van der Waals surface area contributed by atoms with Gasteiger partial charge in [0.1, 0.15) is 12.4 Å². The Morgan fingerprint density at radius 2 is 1.90 bits per heavy atom. The van der Waals surface area contributed by atoms with Gasteiger partial charge in [0.2, 0.25) is 0 Å². The summed E-state index contributed by atoms with van der Waals surface area (Å²) in [5.74, 6) is -0.762. The van der Waals surface area contributed by atoms with Crippen LogP contribution in [0.15, 0.2) is 60.7 Å². The molecule has 156 valence electrons. The molecule has 0 radical (unpaired) electrons. The summed E-state index contributed by atoms with van der Waals surface area (Å²) < 4.78 is 20.4. The molecule has 0 bridgehead atoms. The first kappa shape index (κ1) is 20.3. The van der Waals surface area contributed by atoms with Crippen LogP contribution in [0.1, 0.15) is 16.2 Å². The molecule has 1 aromatic heterocycles. The fourth-order valence-electron chi connectivity index (χ4n) is 3.09. The monoisotopic (exact) mass is 440 g/mol. The van der Waals surface area contributed by atoms with Gasteiger partial charge >= 0.3 is 5.97 Å². The Balaban J connectivity index is 1.72. The zero-order valence-electron chi connectivity index (χ0n) is 15.8. The maximum absolute atomic E-state index is 13.4. The van der Waals surface area contributed by atoms with Crippen LogP contribution < -0.4 is 5.73 Å². The van der Waals surface area contributed by atoms with Gasteiger partial charge in [-0.1, -0.05) is 11.6 Å². The van der Waals surface area contributed by atoms with E-state index in [0.717, 1.165) is 0 Å². The number of fused-ring (bicyclic) bond motifs is 1. The van der Waals surface area contributed by atoms with E-state index in [-0.39, 0.29) is 23.5 Å². The second-order valence-electron chi connectivity index (χ2n) is 6.58. The highest BCUT2D eigenvalue weighted by atomic mass is 35.5. The number of ether oxygens (including phenoxy) is 1. The summed E-state index contributed by atoms with van der Waals surface area (Å²) in [6.45, 7) is -0.235. The van der Waals surface area contributed by atoms with E-state index in [1.807, 2.05) is 0 Å². The topological polar surface area (TPSA) is 113 Å². The number of benzene rings is 3. The Labute approximate surface area is 179 Å². The Morgan fingerprint density at radius 3 is 2.58 bits per heavy atom. The van der Waals surface area contributed by atoms with Crippen molar-refractivity contribution in [3.8, 4) is 5.69 Å². The molecule has 10 heteroatoms. The van der Waals surface area contributed by atoms with Crippen LogP contribution in [-0.2, 0) is 11.3 Å². The van der Waals surface area contributed by atoms with E-state index < -0.39 is 16.7 Å². The van der Waals surface area contributed by atoms with Crippen LogP contribution in [0.25, 0.3) is 16.7 Å². The van der Waals surface area contributed by atoms with Crippen LogP contribution in [0, 0.1) is 15.9 Å². The van der Waals surface area contributed by atoms with Gasteiger partial charge < -0.3 is 10.5 Å². The first-order valence-corrected chi connectivity index (χ1v) is 9.35. The van der Waals surface area contributed by atoms with Crippen molar-refractivity contribution < 1.29 is 18.8 Å². The summed E-state index contributed by atoms with van der Waals surface area (Å²) in [4.78, 5) is 27.4. The number of rotatable bonds is 5. The SMILES string of the molecule is Nc1cc(C(=O)OCc2nc3cc([N+](=O)[O-])ccc3n2-c2ccc(F)cc2)ccc1Cl. The molecule has 31 heavy (non-hydrogen) atoms. The highest BCUT2D eigenvalue weighted by Gasteiger charge is 2.18. The minimum absolute atomic E-state index is 0.128. The van der Waals surface area contributed by atoms with Crippen LogP contribution in [0.2, 0.25) is 5.02 Å². The largest absolute Gasteiger partial charge is 0.454 e. The minimum Gasteiger partial charge on any atom is -0.454 e. The number of nitrogens with two attached hydrogens (primary N) is 1. The third kappa shape index (κ3) is 4.03. The van der Waals surface area contributed by atoms with Crippen molar-refractivity contribution in [1.82, 2.24) is 9.55 Å². The fraction of sp³-hybridized carbons (Fsp3) is 0.0476. The second-order valence-corrected chi connectivity index (χ2v) is 6.99. The smallest absolute Gasteiger partial charge is 0.338 e. The predicted octanol–water partition coefficient (Wildman–Crippen LogP) is 4.67. The molecular formula is C21H14ClFN4O4. The van der Waals surface area contributed by atoms with Crippen molar-refractivity contribution in [2.75, 3.05) is 5.73 Å². The lowest BCUT2D eigenvalue weighted by Crippen LogP contribution is -2.09. The highest BCUT2D eigenvalue weighted by Crippen LogP contribution is 2.26. The second kappa shape index (κ2) is 8.04. The van der Waals surface area contributed by atoms with Crippen LogP contribution in [0.3, 0.4) is 0 Å². The van der Waals surface area contributed by atoms with Gasteiger partial charge in [-0.25, -0.2) is 14.2 Å². The van der Waals surface area contributed by atoms with E-state index in [4.69, 9.17) is 22.1 Å². The fourth-order valence-corrected chi connectivity index (χ4v) is 3.21. The Bertz CT molecular complexity index is 1320. The van der Waals surface area contributed by atoms with Crippen molar-refractivity contribution in [2.24, 2.45) is 0 Å².